The van der Waals surface area contributed by atoms with E-state index in [1.54, 1.807) is 0 Å². The molecule has 1 aliphatic heterocycles. The van der Waals surface area contributed by atoms with Crippen molar-refractivity contribution in [2.75, 3.05) is 4.90 Å². The third-order valence-corrected chi connectivity index (χ3v) is 8.99. The van der Waals surface area contributed by atoms with Crippen LogP contribution in [0.15, 0.2) is 84.9 Å². The lowest BCUT2D eigenvalue weighted by atomic mass is 9.60. The molecule has 0 radical (unpaired) electrons. The van der Waals surface area contributed by atoms with E-state index >= 15 is 0 Å². The first-order valence-electron chi connectivity index (χ1n) is 13.1. The number of alkyl halides is 3. The summed E-state index contributed by atoms with van der Waals surface area (Å²) in [6.07, 6.45) is -4.07. The highest BCUT2D eigenvalue weighted by Gasteiger charge is 2.80. The molecule has 3 aliphatic rings. The quantitative estimate of drug-likeness (QED) is 0.341. The Labute approximate surface area is 224 Å². The molecule has 2 amide bonds. The van der Waals surface area contributed by atoms with Crippen LogP contribution < -0.4 is 4.90 Å². The van der Waals surface area contributed by atoms with Gasteiger partial charge in [0.1, 0.15) is 0 Å². The van der Waals surface area contributed by atoms with Crippen LogP contribution in [0.3, 0.4) is 0 Å². The van der Waals surface area contributed by atoms with E-state index in [1.807, 2.05) is 74.5 Å². The number of amides is 2. The van der Waals surface area contributed by atoms with Gasteiger partial charge in [0.15, 0.2) is 5.78 Å². The predicted octanol–water partition coefficient (Wildman–Crippen LogP) is 6.81. The Balaban J connectivity index is 1.63. The molecule has 0 aromatic heterocycles. The van der Waals surface area contributed by atoms with Crippen molar-refractivity contribution < 1.29 is 27.6 Å². The van der Waals surface area contributed by atoms with Crippen LogP contribution >= 0.6 is 0 Å². The van der Waals surface area contributed by atoms with E-state index in [1.165, 1.54) is 12.1 Å². The fourth-order valence-electron chi connectivity index (χ4n) is 7.53. The number of benzene rings is 3. The number of allylic oxidation sites excluding steroid dienone is 2. The van der Waals surface area contributed by atoms with Gasteiger partial charge in [-0.15, -0.1) is 0 Å². The largest absolute Gasteiger partial charge is 0.416 e. The van der Waals surface area contributed by atoms with E-state index in [9.17, 15) is 27.6 Å². The number of rotatable bonds is 5. The zero-order chi connectivity index (χ0) is 27.7. The van der Waals surface area contributed by atoms with Crippen molar-refractivity contribution in [3.05, 3.63) is 102 Å². The molecule has 6 rings (SSSR count). The van der Waals surface area contributed by atoms with Gasteiger partial charge in [-0.25, -0.2) is 4.90 Å². The minimum absolute atomic E-state index is 0.124. The smallest absolute Gasteiger partial charge is 0.298 e. The maximum atomic E-state index is 14.7. The number of hydrogen-bond donors (Lipinski definition) is 0. The van der Waals surface area contributed by atoms with E-state index in [4.69, 9.17) is 0 Å². The van der Waals surface area contributed by atoms with E-state index in [0.29, 0.717) is 0 Å². The van der Waals surface area contributed by atoms with Gasteiger partial charge in [0.05, 0.1) is 33.9 Å². The Hall–Kier alpha value is -4.00. The summed E-state index contributed by atoms with van der Waals surface area (Å²) in [5, 5.41) is 0. The Morgan fingerprint density at radius 3 is 1.56 bits per heavy atom. The van der Waals surface area contributed by atoms with Crippen LogP contribution in [0.5, 0.6) is 0 Å². The molecule has 2 aliphatic carbocycles. The number of Topliss-reactive ketones (excluding diaryl/α,β-unsaturated/α-hetero) is 1. The molecule has 4 atom stereocenters. The van der Waals surface area contributed by atoms with E-state index in [-0.39, 0.29) is 24.3 Å². The Bertz CT molecular complexity index is 1460. The standard InChI is InChI=1S/C32H26F3NO3/c1-3-30-23(19-12-7-5-8-13-19)24(20-14-9-6-10-15-20)31(4-2,29(30)39)26-25(30)27(37)36(28(26)38)22-17-11-16-21(18-22)32(33,34)35/h5-18,25-26H,3-4H2,1-2H3/t25-,26-,30-,31+/m0/s1. The van der Waals surface area contributed by atoms with Gasteiger partial charge in [0.25, 0.3) is 0 Å². The Morgan fingerprint density at radius 2 is 1.15 bits per heavy atom. The second-order valence-electron chi connectivity index (χ2n) is 10.5. The second-order valence-corrected chi connectivity index (χ2v) is 10.5. The van der Waals surface area contributed by atoms with Crippen molar-refractivity contribution in [1.82, 2.24) is 0 Å². The number of carbonyl (C=O) groups is 3. The summed E-state index contributed by atoms with van der Waals surface area (Å²) in [4.78, 5) is 43.9. The lowest BCUT2D eigenvalue weighted by Crippen LogP contribution is -2.41. The minimum Gasteiger partial charge on any atom is -0.298 e. The SMILES string of the molecule is CC[C@]12C(=O)[C@](CC)(C(c3ccccc3)=C1c1ccccc1)[C@@H]1C(=O)N(c3cccc(C(F)(F)F)c3)C(=O)[C@H]12. The van der Waals surface area contributed by atoms with Crippen LogP contribution in [-0.2, 0) is 20.6 Å². The van der Waals surface area contributed by atoms with Gasteiger partial charge in [-0.2, -0.15) is 13.2 Å². The summed E-state index contributed by atoms with van der Waals surface area (Å²) in [6.45, 7) is 3.70. The molecule has 2 bridgehead atoms. The average Bonchev–Trinajstić information content (AvgIpc) is 3.44. The molecule has 7 heteroatoms. The first-order chi connectivity index (χ1) is 18.6. The van der Waals surface area contributed by atoms with E-state index < -0.39 is 46.2 Å². The number of carbonyl (C=O) groups excluding carboxylic acids is 3. The van der Waals surface area contributed by atoms with Crippen molar-refractivity contribution in [3.8, 4) is 0 Å². The molecule has 198 valence electrons. The normalized spacial score (nSPS) is 28.0. The van der Waals surface area contributed by atoms with Crippen LogP contribution in [0.2, 0.25) is 0 Å². The molecule has 0 unspecified atom stereocenters. The maximum absolute atomic E-state index is 14.7. The summed E-state index contributed by atoms with van der Waals surface area (Å²) < 4.78 is 40.6. The molecule has 0 spiro atoms. The van der Waals surface area contributed by atoms with Crippen molar-refractivity contribution in [3.63, 3.8) is 0 Å². The Kier molecular flexibility index (Phi) is 5.51. The first-order valence-corrected chi connectivity index (χ1v) is 13.1. The molecule has 3 aromatic rings. The molecule has 1 saturated carbocycles. The van der Waals surface area contributed by atoms with Gasteiger partial charge in [0.2, 0.25) is 11.8 Å². The molecule has 3 aromatic carbocycles. The molecular weight excluding hydrogens is 503 g/mol. The minimum atomic E-state index is -4.63. The third-order valence-electron chi connectivity index (χ3n) is 8.99. The zero-order valence-electron chi connectivity index (χ0n) is 21.5. The van der Waals surface area contributed by atoms with Crippen molar-refractivity contribution in [1.29, 1.82) is 0 Å². The Morgan fingerprint density at radius 1 is 0.692 bits per heavy atom. The summed E-state index contributed by atoms with van der Waals surface area (Å²) in [6, 6.07) is 23.2. The van der Waals surface area contributed by atoms with E-state index in [2.05, 4.69) is 0 Å². The van der Waals surface area contributed by atoms with Gasteiger partial charge < -0.3 is 0 Å². The van der Waals surface area contributed by atoms with Gasteiger partial charge in [-0.05, 0) is 53.3 Å². The monoisotopic (exact) mass is 529 g/mol. The number of hydrogen-bond acceptors (Lipinski definition) is 3. The predicted molar refractivity (Wildman–Crippen MR) is 141 cm³/mol. The van der Waals surface area contributed by atoms with Gasteiger partial charge >= 0.3 is 6.18 Å². The van der Waals surface area contributed by atoms with Gasteiger partial charge in [0, 0.05) is 0 Å². The van der Waals surface area contributed by atoms with Gasteiger partial charge in [-0.1, -0.05) is 80.6 Å². The number of halogens is 3. The molecule has 1 saturated heterocycles. The number of ketones is 1. The number of anilines is 1. The van der Waals surface area contributed by atoms with Crippen LogP contribution in [0.4, 0.5) is 18.9 Å². The number of nitrogens with zero attached hydrogens (tertiary/aromatic N) is 1. The van der Waals surface area contributed by atoms with Crippen molar-refractivity contribution >= 4 is 34.4 Å². The summed E-state index contributed by atoms with van der Waals surface area (Å²) >= 11 is 0. The number of imide groups is 1. The summed E-state index contributed by atoms with van der Waals surface area (Å²) in [5.74, 6) is -3.37. The third kappa shape index (κ3) is 3.10. The van der Waals surface area contributed by atoms with Crippen LogP contribution in [-0.4, -0.2) is 17.6 Å². The summed E-state index contributed by atoms with van der Waals surface area (Å²) in [5.41, 5.74) is -0.529. The maximum Gasteiger partial charge on any atom is 0.416 e. The highest BCUT2D eigenvalue weighted by Crippen LogP contribution is 2.75. The number of fused-ring (bicyclic) bond motifs is 5. The molecule has 39 heavy (non-hydrogen) atoms. The molecule has 1 heterocycles. The highest BCUT2D eigenvalue weighted by atomic mass is 19.4. The fourth-order valence-corrected chi connectivity index (χ4v) is 7.53. The van der Waals surface area contributed by atoms with Gasteiger partial charge in [-0.3, -0.25) is 14.4 Å². The molecule has 4 nitrogen and oxygen atoms in total. The summed E-state index contributed by atoms with van der Waals surface area (Å²) in [7, 11) is 0. The molecule has 2 fully saturated rings. The highest BCUT2D eigenvalue weighted by molar-refractivity contribution is 6.34. The average molecular weight is 530 g/mol. The molecule has 0 N–H and O–H groups in total. The second kappa shape index (κ2) is 8.50. The van der Waals surface area contributed by atoms with Crippen molar-refractivity contribution in [2.24, 2.45) is 22.7 Å². The van der Waals surface area contributed by atoms with Crippen LogP contribution in [0.1, 0.15) is 43.4 Å². The van der Waals surface area contributed by atoms with Crippen LogP contribution in [0, 0.1) is 22.7 Å². The topological polar surface area (TPSA) is 54.5 Å². The fraction of sp³-hybridized carbons (Fsp3) is 0.281. The van der Waals surface area contributed by atoms with E-state index in [0.717, 1.165) is 39.3 Å². The van der Waals surface area contributed by atoms with Crippen LogP contribution in [0.25, 0.3) is 11.1 Å². The zero-order valence-corrected chi connectivity index (χ0v) is 21.5. The molecular formula is C32H26F3NO3. The van der Waals surface area contributed by atoms with Crippen molar-refractivity contribution in [2.45, 2.75) is 32.9 Å². The lowest BCUT2D eigenvalue weighted by Gasteiger charge is -2.38. The lowest BCUT2D eigenvalue weighted by molar-refractivity contribution is -0.137. The first kappa shape index (κ1) is 25.3.